The number of aliphatic hydroxyl groups excluding tert-OH is 1. The number of hydrogen-bond acceptors (Lipinski definition) is 10. The normalized spacial score (nSPS) is 25.1. The molecule has 15 heteroatoms. The quantitative estimate of drug-likeness (QED) is 0.0794. The molecule has 0 radical (unpaired) electrons. The van der Waals surface area contributed by atoms with E-state index in [1.807, 2.05) is 25.3 Å². The Balaban J connectivity index is 0.928. The number of carboxylic acid groups (broad SMARTS) is 1. The lowest BCUT2D eigenvalue weighted by molar-refractivity contribution is -0.163. The third kappa shape index (κ3) is 10.8. The highest BCUT2D eigenvalue weighted by Gasteiger charge is 2.60. The molecule has 14 nitrogen and oxygen atoms in total. The average molecular weight is 767 g/mol. The second-order valence-electron chi connectivity index (χ2n) is 14.4. The van der Waals surface area contributed by atoms with Gasteiger partial charge in [0.05, 0.1) is 36.6 Å². The molecule has 1 aromatic heterocycles. The molecule has 4 aliphatic rings. The summed E-state index contributed by atoms with van der Waals surface area (Å²) < 4.78 is 5.62. The number of amides is 4. The van der Waals surface area contributed by atoms with E-state index in [4.69, 9.17) is 4.74 Å². The largest absolute Gasteiger partial charge is 0.477 e. The number of nitrogens with zero attached hydrogens (tertiary/aromatic N) is 2. The fraction of sp³-hybridized carbons (Fsp3) is 0.590. The van der Waals surface area contributed by atoms with Crippen molar-refractivity contribution in [2.24, 2.45) is 17.8 Å². The maximum atomic E-state index is 13.2. The van der Waals surface area contributed by atoms with Gasteiger partial charge in [0, 0.05) is 66.8 Å². The number of nitrogens with one attached hydrogen (secondary N) is 4. The lowest BCUT2D eigenvalue weighted by Gasteiger charge is -2.46. The number of carboxylic acids is 1. The Morgan fingerprint density at radius 2 is 1.93 bits per heavy atom. The van der Waals surface area contributed by atoms with Crippen LogP contribution in [0.3, 0.4) is 0 Å². The summed E-state index contributed by atoms with van der Waals surface area (Å²) >= 11 is 1.39. The zero-order valence-electron chi connectivity index (χ0n) is 31.1. The van der Waals surface area contributed by atoms with E-state index in [1.165, 1.54) is 22.2 Å². The standard InChI is InChI=1S/C39H54N6O8S/c1-24-33-32(25(2)46)38(50)45(33)34(39(51)52)35(24)54-29-21-30(43-23-29)37(49)44-28-13-8-12-27(20-28)36(48)42-16-6-3-4-14-31(47)41-17-19-53-18-7-5-10-26-11-9-15-40-22-26/h8-9,11,13,15,20,22,24-25,27,29-30,32-33,43,46H,3-7,10,12,14,16-19,21,23H2,1-2H3,(H,41,47)(H,42,48)(H,44,49)(H,51,52)/t24-,25-,27?,29+,30+,32-,33?/m1/s1. The molecule has 1 aliphatic carbocycles. The Kier molecular flexibility index (Phi) is 15.3. The van der Waals surface area contributed by atoms with Crippen LogP contribution in [0, 0.1) is 17.8 Å². The van der Waals surface area contributed by atoms with E-state index in [9.17, 15) is 34.2 Å². The first-order valence-electron chi connectivity index (χ1n) is 19.1. The predicted octanol–water partition coefficient (Wildman–Crippen LogP) is 2.41. The molecule has 5 rings (SSSR count). The van der Waals surface area contributed by atoms with Gasteiger partial charge in [0.25, 0.3) is 0 Å². The topological polar surface area (TPSA) is 199 Å². The van der Waals surface area contributed by atoms with Gasteiger partial charge in [-0.2, -0.15) is 0 Å². The van der Waals surface area contributed by atoms with Crippen LogP contribution >= 0.6 is 11.8 Å². The summed E-state index contributed by atoms with van der Waals surface area (Å²) in [4.78, 5) is 69.1. The van der Waals surface area contributed by atoms with Crippen LogP contribution in [0.5, 0.6) is 0 Å². The Morgan fingerprint density at radius 1 is 1.09 bits per heavy atom. The van der Waals surface area contributed by atoms with Gasteiger partial charge in [-0.3, -0.25) is 24.2 Å². The number of pyridine rings is 1. The van der Waals surface area contributed by atoms with Crippen molar-refractivity contribution in [3.8, 4) is 0 Å². The van der Waals surface area contributed by atoms with Crippen LogP contribution in [0.2, 0.25) is 0 Å². The zero-order chi connectivity index (χ0) is 38.6. The van der Waals surface area contributed by atoms with Gasteiger partial charge in [0.2, 0.25) is 23.6 Å². The number of unbranched alkanes of at least 4 members (excludes halogenated alkanes) is 3. The summed E-state index contributed by atoms with van der Waals surface area (Å²) in [6.45, 7) is 6.06. The number of aliphatic hydroxyl groups is 1. The van der Waals surface area contributed by atoms with Gasteiger partial charge in [-0.25, -0.2) is 4.79 Å². The highest BCUT2D eigenvalue weighted by Crippen LogP contribution is 2.51. The van der Waals surface area contributed by atoms with Crippen molar-refractivity contribution >= 4 is 41.4 Å². The predicted molar refractivity (Wildman–Crippen MR) is 203 cm³/mol. The highest BCUT2D eigenvalue weighted by atomic mass is 32.2. The molecule has 4 heterocycles. The minimum atomic E-state index is -1.17. The monoisotopic (exact) mass is 766 g/mol. The molecule has 2 fully saturated rings. The van der Waals surface area contributed by atoms with Crippen LogP contribution in [0.4, 0.5) is 0 Å². The number of aliphatic carboxylic acids is 1. The molecular formula is C39H54N6O8S. The number of carbonyl (C=O) groups excluding carboxylic acids is 4. The third-order valence-electron chi connectivity index (χ3n) is 10.4. The van der Waals surface area contributed by atoms with E-state index >= 15 is 0 Å². The molecule has 294 valence electrons. The van der Waals surface area contributed by atoms with Crippen molar-refractivity contribution in [2.45, 2.75) is 95.1 Å². The number of thioether (sulfide) groups is 1. The van der Waals surface area contributed by atoms with Gasteiger partial charge in [-0.15, -0.1) is 11.8 Å². The summed E-state index contributed by atoms with van der Waals surface area (Å²) in [5.74, 6) is -3.17. The first-order valence-corrected chi connectivity index (χ1v) is 20.0. The number of aryl methyl sites for hydroxylation is 1. The number of hydrogen-bond donors (Lipinski definition) is 6. The highest BCUT2D eigenvalue weighted by molar-refractivity contribution is 8.03. The lowest BCUT2D eigenvalue weighted by Crippen LogP contribution is -2.63. The summed E-state index contributed by atoms with van der Waals surface area (Å²) in [7, 11) is 0. The number of rotatable bonds is 21. The Labute approximate surface area is 321 Å². The maximum absolute atomic E-state index is 13.2. The second-order valence-corrected chi connectivity index (χ2v) is 15.8. The summed E-state index contributed by atoms with van der Waals surface area (Å²) in [5, 5.41) is 32.0. The van der Waals surface area contributed by atoms with Crippen molar-refractivity contribution in [2.75, 3.05) is 32.8 Å². The van der Waals surface area contributed by atoms with Gasteiger partial charge >= 0.3 is 5.97 Å². The summed E-state index contributed by atoms with van der Waals surface area (Å²) in [6.07, 6.45) is 14.9. The molecule has 4 amide bonds. The zero-order valence-corrected chi connectivity index (χ0v) is 31.9. The second kappa shape index (κ2) is 20.0. The number of ether oxygens (including phenoxy) is 1. The molecule has 54 heavy (non-hydrogen) atoms. The van der Waals surface area contributed by atoms with Crippen LogP contribution in [0.1, 0.15) is 70.8 Å². The SMILES string of the molecule is C[C@H]1C(S[C@@H]2CN[C@H](C(=O)NC3=CC(C(=O)NCCCCCC(=O)NCCOCCCCc4cccnc4)CC=C3)C2)=C(C(=O)O)N2C(=O)[C@H]([C@@H](C)O)C12. The van der Waals surface area contributed by atoms with Crippen LogP contribution in [-0.2, 0) is 35.1 Å². The minimum absolute atomic E-state index is 0.00244. The van der Waals surface area contributed by atoms with E-state index in [-0.39, 0.29) is 46.5 Å². The van der Waals surface area contributed by atoms with E-state index in [0.29, 0.717) is 62.7 Å². The lowest BCUT2D eigenvalue weighted by atomic mass is 9.79. The van der Waals surface area contributed by atoms with Gasteiger partial charge < -0.3 is 41.1 Å². The first kappa shape index (κ1) is 41.1. The number of carbonyl (C=O) groups is 5. The summed E-state index contributed by atoms with van der Waals surface area (Å²) in [6, 6.07) is 3.13. The molecule has 0 bridgehead atoms. The van der Waals surface area contributed by atoms with Gasteiger partial charge in [-0.1, -0.05) is 25.5 Å². The summed E-state index contributed by atoms with van der Waals surface area (Å²) in [5.41, 5.74) is 1.75. The molecule has 6 N–H and O–H groups in total. The van der Waals surface area contributed by atoms with Crippen LogP contribution in [-0.4, -0.2) is 106 Å². The maximum Gasteiger partial charge on any atom is 0.353 e. The molecule has 2 saturated heterocycles. The van der Waals surface area contributed by atoms with Crippen molar-refractivity contribution in [1.82, 2.24) is 31.2 Å². The van der Waals surface area contributed by atoms with Gasteiger partial charge in [0.15, 0.2) is 0 Å². The van der Waals surface area contributed by atoms with Crippen molar-refractivity contribution in [3.05, 3.63) is 64.6 Å². The Bertz CT molecular complexity index is 1600. The van der Waals surface area contributed by atoms with Gasteiger partial charge in [0.1, 0.15) is 5.70 Å². The number of allylic oxidation sites excluding steroid dienone is 2. The minimum Gasteiger partial charge on any atom is -0.477 e. The third-order valence-corrected chi connectivity index (χ3v) is 11.9. The Hall–Kier alpha value is -4.05. The van der Waals surface area contributed by atoms with Crippen molar-refractivity contribution < 1.29 is 38.9 Å². The number of fused-ring (bicyclic) bond motifs is 1. The van der Waals surface area contributed by atoms with Crippen LogP contribution in [0.15, 0.2) is 59.1 Å². The van der Waals surface area contributed by atoms with Crippen molar-refractivity contribution in [3.63, 3.8) is 0 Å². The van der Waals surface area contributed by atoms with E-state index < -0.39 is 30.0 Å². The van der Waals surface area contributed by atoms with Crippen LogP contribution in [0.25, 0.3) is 0 Å². The fourth-order valence-corrected chi connectivity index (χ4v) is 8.97. The van der Waals surface area contributed by atoms with E-state index in [1.54, 1.807) is 25.3 Å². The molecule has 3 aliphatic heterocycles. The number of β-lactam (4-membered cyclic amide) rings is 1. The van der Waals surface area contributed by atoms with E-state index in [0.717, 1.165) is 38.5 Å². The molecule has 0 spiro atoms. The fourth-order valence-electron chi connectivity index (χ4n) is 7.49. The average Bonchev–Trinajstić information content (AvgIpc) is 3.72. The van der Waals surface area contributed by atoms with Crippen LogP contribution < -0.4 is 21.3 Å². The molecule has 1 aromatic rings. The first-order chi connectivity index (χ1) is 26.0. The molecule has 0 aromatic carbocycles. The molecular weight excluding hydrogens is 713 g/mol. The Morgan fingerprint density at radius 3 is 2.69 bits per heavy atom. The smallest absolute Gasteiger partial charge is 0.353 e. The van der Waals surface area contributed by atoms with Gasteiger partial charge in [-0.05, 0) is 75.7 Å². The molecule has 0 saturated carbocycles. The van der Waals surface area contributed by atoms with E-state index in [2.05, 4.69) is 32.3 Å². The number of aromatic nitrogens is 1. The molecule has 2 unspecified atom stereocenters. The molecule has 7 atom stereocenters. The van der Waals surface area contributed by atoms with Crippen molar-refractivity contribution in [1.29, 1.82) is 0 Å².